The molecule has 0 saturated carbocycles. The van der Waals surface area contributed by atoms with Gasteiger partial charge in [0.15, 0.2) is 0 Å². The van der Waals surface area contributed by atoms with Gasteiger partial charge in [-0.25, -0.2) is 4.79 Å². The van der Waals surface area contributed by atoms with Gasteiger partial charge in [-0.3, -0.25) is 0 Å². The lowest BCUT2D eigenvalue weighted by Gasteiger charge is -2.21. The second kappa shape index (κ2) is 6.21. The average molecular weight is 261 g/mol. The fourth-order valence-electron chi connectivity index (χ4n) is 1.54. The molecule has 1 atom stereocenters. The number of carbonyl (C=O) groups excluding carboxylic acids is 1. The van der Waals surface area contributed by atoms with Gasteiger partial charge in [-0.05, 0) is 32.4 Å². The van der Waals surface area contributed by atoms with Crippen LogP contribution in [0.5, 0.6) is 0 Å². The first kappa shape index (κ1) is 15.0. The second-order valence-electron chi connectivity index (χ2n) is 5.19. The molecule has 1 aromatic carbocycles. The molecule has 0 aromatic heterocycles. The van der Waals surface area contributed by atoms with Crippen molar-refractivity contribution < 1.29 is 9.53 Å². The number of carbonyl (C=O) groups is 1. The van der Waals surface area contributed by atoms with Crippen LogP contribution < -0.4 is 11.1 Å². The van der Waals surface area contributed by atoms with E-state index in [1.807, 2.05) is 6.07 Å². The zero-order valence-electron chi connectivity index (χ0n) is 11.4. The molecule has 0 aliphatic heterocycles. The molecule has 0 radical (unpaired) electrons. The number of benzene rings is 1. The Morgan fingerprint density at radius 2 is 2.11 bits per heavy atom. The summed E-state index contributed by atoms with van der Waals surface area (Å²) in [6.45, 7) is 5.58. The first-order chi connectivity index (χ1) is 8.83. The summed E-state index contributed by atoms with van der Waals surface area (Å²) in [5.41, 5.74) is 6.64. The highest BCUT2D eigenvalue weighted by molar-refractivity contribution is 5.67. The van der Waals surface area contributed by atoms with E-state index < -0.39 is 17.7 Å². The van der Waals surface area contributed by atoms with Crippen LogP contribution in [0.4, 0.5) is 4.79 Å². The summed E-state index contributed by atoms with van der Waals surface area (Å²) in [6, 6.07) is 8.69. The van der Waals surface area contributed by atoms with Crippen LogP contribution in [0.15, 0.2) is 24.3 Å². The van der Waals surface area contributed by atoms with E-state index in [0.29, 0.717) is 11.1 Å². The maximum atomic E-state index is 11.5. The zero-order chi connectivity index (χ0) is 14.5. The van der Waals surface area contributed by atoms with Crippen molar-refractivity contribution in [3.63, 3.8) is 0 Å². The predicted octanol–water partition coefficient (Wildman–Crippen LogP) is 2.08. The lowest BCUT2D eigenvalue weighted by molar-refractivity contribution is 0.0524. The molecule has 102 valence electrons. The Morgan fingerprint density at radius 3 is 2.68 bits per heavy atom. The Bertz CT molecular complexity index is 486. The third-order valence-corrected chi connectivity index (χ3v) is 2.35. The van der Waals surface area contributed by atoms with Gasteiger partial charge in [0.25, 0.3) is 0 Å². The van der Waals surface area contributed by atoms with Gasteiger partial charge in [-0.2, -0.15) is 5.26 Å². The number of alkyl carbamates (subject to hydrolysis) is 1. The van der Waals surface area contributed by atoms with Gasteiger partial charge in [-0.15, -0.1) is 0 Å². The SMILES string of the molecule is CC(C)(C)OC(=O)NC[C@H](N)c1ccccc1C#N. The summed E-state index contributed by atoms with van der Waals surface area (Å²) in [5.74, 6) is 0. The van der Waals surface area contributed by atoms with Crippen LogP contribution >= 0.6 is 0 Å². The number of nitrogens with one attached hydrogen (secondary N) is 1. The molecule has 0 aliphatic rings. The van der Waals surface area contributed by atoms with Crippen LogP contribution in [0.3, 0.4) is 0 Å². The lowest BCUT2D eigenvalue weighted by atomic mass is 10.0. The maximum Gasteiger partial charge on any atom is 0.407 e. The van der Waals surface area contributed by atoms with Crippen molar-refractivity contribution in [2.45, 2.75) is 32.4 Å². The van der Waals surface area contributed by atoms with Gasteiger partial charge < -0.3 is 15.8 Å². The van der Waals surface area contributed by atoms with E-state index in [0.717, 1.165) is 0 Å². The molecule has 1 rings (SSSR count). The number of amides is 1. The van der Waals surface area contributed by atoms with E-state index in [1.165, 1.54) is 0 Å². The van der Waals surface area contributed by atoms with Gasteiger partial charge >= 0.3 is 6.09 Å². The number of ether oxygens (including phenoxy) is 1. The minimum absolute atomic E-state index is 0.216. The van der Waals surface area contributed by atoms with Crippen molar-refractivity contribution in [3.05, 3.63) is 35.4 Å². The van der Waals surface area contributed by atoms with E-state index >= 15 is 0 Å². The first-order valence-electron chi connectivity index (χ1n) is 6.05. The van der Waals surface area contributed by atoms with E-state index in [2.05, 4.69) is 11.4 Å². The number of nitrogens with two attached hydrogens (primary N) is 1. The summed E-state index contributed by atoms with van der Waals surface area (Å²) in [6.07, 6.45) is -0.516. The number of nitrogens with zero attached hydrogens (tertiary/aromatic N) is 1. The van der Waals surface area contributed by atoms with Crippen LogP contribution in [0.2, 0.25) is 0 Å². The van der Waals surface area contributed by atoms with Crippen LogP contribution in [-0.4, -0.2) is 18.2 Å². The zero-order valence-corrected chi connectivity index (χ0v) is 11.4. The maximum absolute atomic E-state index is 11.5. The summed E-state index contributed by atoms with van der Waals surface area (Å²) < 4.78 is 5.11. The molecular weight excluding hydrogens is 242 g/mol. The van der Waals surface area contributed by atoms with E-state index in [9.17, 15) is 4.79 Å². The van der Waals surface area contributed by atoms with Gasteiger partial charge in [0.1, 0.15) is 5.60 Å². The van der Waals surface area contributed by atoms with Crippen LogP contribution in [0.25, 0.3) is 0 Å². The summed E-state index contributed by atoms with van der Waals surface area (Å²) in [4.78, 5) is 11.5. The topological polar surface area (TPSA) is 88.1 Å². The van der Waals surface area contributed by atoms with E-state index in [4.69, 9.17) is 15.7 Å². The summed E-state index contributed by atoms with van der Waals surface area (Å²) >= 11 is 0. The standard InChI is InChI=1S/C14H19N3O2/c1-14(2,3)19-13(18)17-9-12(16)11-7-5-4-6-10(11)8-15/h4-7,12H,9,16H2,1-3H3,(H,17,18)/t12-/m0/s1. The van der Waals surface area contributed by atoms with Crippen molar-refractivity contribution in [2.24, 2.45) is 5.73 Å². The number of hydrogen-bond donors (Lipinski definition) is 2. The fraction of sp³-hybridized carbons (Fsp3) is 0.429. The first-order valence-corrected chi connectivity index (χ1v) is 6.05. The largest absolute Gasteiger partial charge is 0.444 e. The molecule has 5 heteroatoms. The molecule has 0 heterocycles. The van der Waals surface area contributed by atoms with Crippen molar-refractivity contribution in [2.75, 3.05) is 6.54 Å². The smallest absolute Gasteiger partial charge is 0.407 e. The Labute approximate surface area is 113 Å². The fourth-order valence-corrected chi connectivity index (χ4v) is 1.54. The Kier molecular flexibility index (Phi) is 4.90. The highest BCUT2D eigenvalue weighted by atomic mass is 16.6. The quantitative estimate of drug-likeness (QED) is 0.872. The number of nitriles is 1. The Morgan fingerprint density at radius 1 is 1.47 bits per heavy atom. The molecule has 1 amide bonds. The highest BCUT2D eigenvalue weighted by Crippen LogP contribution is 2.14. The van der Waals surface area contributed by atoms with Gasteiger partial charge in [0, 0.05) is 12.6 Å². The Hall–Kier alpha value is -2.06. The molecule has 0 spiro atoms. The van der Waals surface area contributed by atoms with Crippen molar-refractivity contribution in [3.8, 4) is 6.07 Å². The molecule has 0 saturated heterocycles. The molecule has 3 N–H and O–H groups in total. The van der Waals surface area contributed by atoms with E-state index in [1.54, 1.807) is 39.0 Å². The van der Waals surface area contributed by atoms with E-state index in [-0.39, 0.29) is 6.54 Å². The molecule has 0 fully saturated rings. The summed E-state index contributed by atoms with van der Waals surface area (Å²) in [5, 5.41) is 11.6. The number of hydrogen-bond acceptors (Lipinski definition) is 4. The van der Waals surface area contributed by atoms with Gasteiger partial charge in [-0.1, -0.05) is 18.2 Å². The minimum atomic E-state index is -0.543. The molecule has 0 unspecified atom stereocenters. The molecular formula is C14H19N3O2. The number of rotatable bonds is 3. The monoisotopic (exact) mass is 261 g/mol. The molecule has 0 aliphatic carbocycles. The second-order valence-corrected chi connectivity index (χ2v) is 5.19. The van der Waals surface area contributed by atoms with Crippen molar-refractivity contribution in [1.29, 1.82) is 5.26 Å². The average Bonchev–Trinajstić information content (AvgIpc) is 2.33. The van der Waals surface area contributed by atoms with Gasteiger partial charge in [0.05, 0.1) is 11.6 Å². The predicted molar refractivity (Wildman–Crippen MR) is 72.3 cm³/mol. The minimum Gasteiger partial charge on any atom is -0.444 e. The van der Waals surface area contributed by atoms with Crippen LogP contribution in [-0.2, 0) is 4.74 Å². The van der Waals surface area contributed by atoms with Gasteiger partial charge in [0.2, 0.25) is 0 Å². The van der Waals surface area contributed by atoms with Crippen molar-refractivity contribution >= 4 is 6.09 Å². The Balaban J connectivity index is 2.59. The molecule has 5 nitrogen and oxygen atoms in total. The van der Waals surface area contributed by atoms with Crippen LogP contribution in [0, 0.1) is 11.3 Å². The highest BCUT2D eigenvalue weighted by Gasteiger charge is 2.17. The molecule has 0 bridgehead atoms. The van der Waals surface area contributed by atoms with Crippen molar-refractivity contribution in [1.82, 2.24) is 5.32 Å². The normalized spacial score (nSPS) is 12.4. The van der Waals surface area contributed by atoms with Crippen LogP contribution in [0.1, 0.15) is 37.9 Å². The third-order valence-electron chi connectivity index (χ3n) is 2.35. The molecule has 19 heavy (non-hydrogen) atoms. The molecule has 1 aromatic rings. The lowest BCUT2D eigenvalue weighted by Crippen LogP contribution is -2.36. The summed E-state index contributed by atoms with van der Waals surface area (Å²) in [7, 11) is 0. The third kappa shape index (κ3) is 4.98.